The molecule has 0 saturated carbocycles. The molecule has 14 heavy (non-hydrogen) atoms. The third-order valence-electron chi connectivity index (χ3n) is 1.90. The predicted molar refractivity (Wildman–Crippen MR) is 68.0 cm³/mol. The van der Waals surface area contributed by atoms with Gasteiger partial charge in [0.05, 0.1) is 0 Å². The van der Waals surface area contributed by atoms with Crippen molar-refractivity contribution in [3.63, 3.8) is 0 Å². The number of hydrogen-bond donors (Lipinski definition) is 0. The fourth-order valence-corrected chi connectivity index (χ4v) is 1.93. The summed E-state index contributed by atoms with van der Waals surface area (Å²) in [7, 11) is 3.94. The molecular formula is C11H15NS2. The number of rotatable bonds is 2. The average Bonchev–Trinajstić information content (AvgIpc) is 2.19. The van der Waals surface area contributed by atoms with E-state index in [4.69, 9.17) is 12.2 Å². The van der Waals surface area contributed by atoms with E-state index < -0.39 is 0 Å². The van der Waals surface area contributed by atoms with Crippen LogP contribution in [0.3, 0.4) is 0 Å². The molecule has 0 N–H and O–H groups in total. The second-order valence-corrected chi connectivity index (χ2v) is 4.97. The Morgan fingerprint density at radius 2 is 1.86 bits per heavy atom. The number of thiocarbonyl (C=S) groups is 1. The summed E-state index contributed by atoms with van der Waals surface area (Å²) in [6.45, 7) is 2.16. The SMILES string of the molecule is CCc1ccc(SC(=S)N(C)C)cc1. The van der Waals surface area contributed by atoms with Gasteiger partial charge in [0.2, 0.25) is 0 Å². The summed E-state index contributed by atoms with van der Waals surface area (Å²) in [5.41, 5.74) is 1.37. The third kappa shape index (κ3) is 3.31. The van der Waals surface area contributed by atoms with E-state index in [1.54, 1.807) is 11.8 Å². The van der Waals surface area contributed by atoms with Crippen LogP contribution in [0.4, 0.5) is 0 Å². The minimum absolute atomic E-state index is 0.897. The first-order valence-corrected chi connectivity index (χ1v) is 5.84. The summed E-state index contributed by atoms with van der Waals surface area (Å²) >= 11 is 6.84. The molecule has 1 aromatic carbocycles. The van der Waals surface area contributed by atoms with Crippen molar-refractivity contribution in [2.45, 2.75) is 18.2 Å². The highest BCUT2D eigenvalue weighted by atomic mass is 32.2. The van der Waals surface area contributed by atoms with E-state index in [2.05, 4.69) is 31.2 Å². The molecule has 1 rings (SSSR count). The van der Waals surface area contributed by atoms with Gasteiger partial charge in [-0.15, -0.1) is 0 Å². The fourth-order valence-electron chi connectivity index (χ4n) is 0.985. The lowest BCUT2D eigenvalue weighted by molar-refractivity contribution is 0.648. The zero-order valence-corrected chi connectivity index (χ0v) is 10.4. The zero-order chi connectivity index (χ0) is 10.6. The molecule has 0 aliphatic carbocycles. The van der Waals surface area contributed by atoms with Crippen LogP contribution in [-0.2, 0) is 6.42 Å². The molecule has 0 spiro atoms. The van der Waals surface area contributed by atoms with Crippen molar-refractivity contribution in [2.75, 3.05) is 14.1 Å². The van der Waals surface area contributed by atoms with E-state index in [-0.39, 0.29) is 0 Å². The van der Waals surface area contributed by atoms with Crippen molar-refractivity contribution in [3.05, 3.63) is 29.8 Å². The molecule has 0 radical (unpaired) electrons. The van der Waals surface area contributed by atoms with E-state index in [0.717, 1.165) is 10.7 Å². The molecular weight excluding hydrogens is 210 g/mol. The minimum atomic E-state index is 0.897. The molecule has 3 heteroatoms. The van der Waals surface area contributed by atoms with Crippen LogP contribution in [0.5, 0.6) is 0 Å². The van der Waals surface area contributed by atoms with E-state index in [1.165, 1.54) is 10.5 Å². The number of thioether (sulfide) groups is 1. The Labute approximate surface area is 95.5 Å². The van der Waals surface area contributed by atoms with Crippen LogP contribution in [0.15, 0.2) is 29.2 Å². The van der Waals surface area contributed by atoms with E-state index in [0.29, 0.717) is 0 Å². The van der Waals surface area contributed by atoms with Crippen LogP contribution >= 0.6 is 24.0 Å². The maximum Gasteiger partial charge on any atom is 0.140 e. The molecule has 1 aromatic rings. The molecule has 0 unspecified atom stereocenters. The van der Waals surface area contributed by atoms with Gasteiger partial charge in [0, 0.05) is 19.0 Å². The third-order valence-corrected chi connectivity index (χ3v) is 3.56. The molecule has 0 aromatic heterocycles. The van der Waals surface area contributed by atoms with Crippen molar-refractivity contribution in [3.8, 4) is 0 Å². The molecule has 0 saturated heterocycles. The van der Waals surface area contributed by atoms with Crippen LogP contribution in [0.1, 0.15) is 12.5 Å². The van der Waals surface area contributed by atoms with Crippen molar-refractivity contribution in [1.82, 2.24) is 4.90 Å². The van der Waals surface area contributed by atoms with Gasteiger partial charge in [-0.3, -0.25) is 0 Å². The van der Waals surface area contributed by atoms with Crippen molar-refractivity contribution < 1.29 is 0 Å². The van der Waals surface area contributed by atoms with Gasteiger partial charge in [-0.1, -0.05) is 43.0 Å². The number of benzene rings is 1. The molecule has 76 valence electrons. The van der Waals surface area contributed by atoms with E-state index >= 15 is 0 Å². The molecule has 0 aliphatic heterocycles. The van der Waals surface area contributed by atoms with Gasteiger partial charge >= 0.3 is 0 Å². The Balaban J connectivity index is 2.64. The van der Waals surface area contributed by atoms with Gasteiger partial charge in [0.15, 0.2) is 0 Å². The van der Waals surface area contributed by atoms with Gasteiger partial charge in [0.1, 0.15) is 4.32 Å². The zero-order valence-electron chi connectivity index (χ0n) is 8.78. The van der Waals surface area contributed by atoms with Crippen LogP contribution in [-0.4, -0.2) is 23.3 Å². The molecule has 0 atom stereocenters. The monoisotopic (exact) mass is 225 g/mol. The Morgan fingerprint density at radius 1 is 1.29 bits per heavy atom. The van der Waals surface area contributed by atoms with Gasteiger partial charge in [0.25, 0.3) is 0 Å². The second-order valence-electron chi connectivity index (χ2n) is 3.26. The first-order valence-electron chi connectivity index (χ1n) is 4.61. The first-order chi connectivity index (χ1) is 6.63. The van der Waals surface area contributed by atoms with Crippen LogP contribution in [0.25, 0.3) is 0 Å². The molecule has 0 aliphatic rings. The molecule has 0 bridgehead atoms. The Hall–Kier alpha value is -0.540. The van der Waals surface area contributed by atoms with E-state index in [1.807, 2.05) is 19.0 Å². The Kier molecular flexibility index (Phi) is 4.42. The highest BCUT2D eigenvalue weighted by Gasteiger charge is 2.01. The normalized spacial score (nSPS) is 9.93. The van der Waals surface area contributed by atoms with Crippen molar-refractivity contribution in [1.29, 1.82) is 0 Å². The summed E-state index contributed by atoms with van der Waals surface area (Å²) in [5, 5.41) is 0. The summed E-state index contributed by atoms with van der Waals surface area (Å²) in [5.74, 6) is 0. The molecule has 0 heterocycles. The Morgan fingerprint density at radius 3 is 2.29 bits per heavy atom. The smallest absolute Gasteiger partial charge is 0.140 e. The highest BCUT2D eigenvalue weighted by molar-refractivity contribution is 8.22. The topological polar surface area (TPSA) is 3.24 Å². The summed E-state index contributed by atoms with van der Waals surface area (Å²) in [6, 6.07) is 8.56. The van der Waals surface area contributed by atoms with Crippen LogP contribution in [0, 0.1) is 0 Å². The van der Waals surface area contributed by atoms with Crippen LogP contribution < -0.4 is 0 Å². The average molecular weight is 225 g/mol. The largest absolute Gasteiger partial charge is 0.363 e. The fraction of sp³-hybridized carbons (Fsp3) is 0.364. The number of hydrogen-bond acceptors (Lipinski definition) is 2. The lowest BCUT2D eigenvalue weighted by Crippen LogP contribution is -2.15. The van der Waals surface area contributed by atoms with Gasteiger partial charge in [-0.05, 0) is 24.1 Å². The molecule has 0 amide bonds. The molecule has 0 fully saturated rings. The van der Waals surface area contributed by atoms with Gasteiger partial charge in [-0.2, -0.15) is 0 Å². The van der Waals surface area contributed by atoms with Gasteiger partial charge < -0.3 is 4.90 Å². The van der Waals surface area contributed by atoms with Crippen LogP contribution in [0.2, 0.25) is 0 Å². The maximum atomic E-state index is 5.21. The first kappa shape index (κ1) is 11.5. The van der Waals surface area contributed by atoms with Crippen molar-refractivity contribution in [2.24, 2.45) is 0 Å². The standard InChI is InChI=1S/C11H15NS2/c1-4-9-5-7-10(8-6-9)14-11(13)12(2)3/h5-8H,4H2,1-3H3. The summed E-state index contributed by atoms with van der Waals surface area (Å²) in [6.07, 6.45) is 1.09. The minimum Gasteiger partial charge on any atom is -0.363 e. The Bertz CT molecular complexity index is 304. The quantitative estimate of drug-likeness (QED) is 0.562. The lowest BCUT2D eigenvalue weighted by atomic mass is 10.2. The van der Waals surface area contributed by atoms with E-state index in [9.17, 15) is 0 Å². The number of aryl methyl sites for hydroxylation is 1. The second kappa shape index (κ2) is 5.37. The highest BCUT2D eigenvalue weighted by Crippen LogP contribution is 2.21. The lowest BCUT2D eigenvalue weighted by Gasteiger charge is -2.12. The summed E-state index contributed by atoms with van der Waals surface area (Å²) < 4.78 is 0.897. The maximum absolute atomic E-state index is 5.21. The summed E-state index contributed by atoms with van der Waals surface area (Å²) in [4.78, 5) is 3.16. The molecule has 1 nitrogen and oxygen atoms in total. The predicted octanol–water partition coefficient (Wildman–Crippen LogP) is 3.19. The van der Waals surface area contributed by atoms with Crippen molar-refractivity contribution >= 4 is 28.3 Å². The number of nitrogens with zero attached hydrogens (tertiary/aromatic N) is 1. The van der Waals surface area contributed by atoms with Gasteiger partial charge in [-0.25, -0.2) is 0 Å².